The Morgan fingerprint density at radius 3 is 2.80 bits per heavy atom. The molecule has 1 fully saturated rings. The lowest BCUT2D eigenvalue weighted by atomic mass is 9.98. The third kappa shape index (κ3) is 3.51. The van der Waals surface area contributed by atoms with Crippen molar-refractivity contribution in [3.8, 4) is 0 Å². The van der Waals surface area contributed by atoms with E-state index in [0.717, 1.165) is 19.4 Å². The van der Waals surface area contributed by atoms with Crippen molar-refractivity contribution in [3.63, 3.8) is 0 Å². The quantitative estimate of drug-likeness (QED) is 0.614. The van der Waals surface area contributed by atoms with Gasteiger partial charge in [0, 0.05) is 6.54 Å². The molecule has 15 heavy (non-hydrogen) atoms. The van der Waals surface area contributed by atoms with Crippen LogP contribution >= 0.6 is 0 Å². The van der Waals surface area contributed by atoms with E-state index in [9.17, 15) is 9.59 Å². The standard InChI is InChI=1S/C10H18N2O3/c1-2-8(10(14)15)12-9(13)7-4-3-5-11-6-7/h7-8,11H,2-6H2,1H3,(H,12,13)(H,14,15)/t7-,8+/m0/s1. The zero-order chi connectivity index (χ0) is 11.3. The maximum atomic E-state index is 11.7. The summed E-state index contributed by atoms with van der Waals surface area (Å²) in [6.07, 6.45) is 2.23. The minimum Gasteiger partial charge on any atom is -0.480 e. The number of piperidine rings is 1. The van der Waals surface area contributed by atoms with E-state index in [-0.39, 0.29) is 11.8 Å². The minimum atomic E-state index is -0.963. The first kappa shape index (κ1) is 12.0. The third-order valence-corrected chi connectivity index (χ3v) is 2.69. The summed E-state index contributed by atoms with van der Waals surface area (Å²) < 4.78 is 0. The van der Waals surface area contributed by atoms with Gasteiger partial charge in [0.15, 0.2) is 0 Å². The van der Waals surface area contributed by atoms with Crippen molar-refractivity contribution >= 4 is 11.9 Å². The molecule has 0 aromatic carbocycles. The lowest BCUT2D eigenvalue weighted by Gasteiger charge is -2.23. The zero-order valence-corrected chi connectivity index (χ0v) is 8.95. The summed E-state index contributed by atoms with van der Waals surface area (Å²) in [5.74, 6) is -1.18. The average Bonchev–Trinajstić information content (AvgIpc) is 2.26. The van der Waals surface area contributed by atoms with Gasteiger partial charge in [-0.2, -0.15) is 0 Å². The molecular formula is C10H18N2O3. The van der Waals surface area contributed by atoms with E-state index in [1.807, 2.05) is 0 Å². The molecule has 86 valence electrons. The normalized spacial score (nSPS) is 23.1. The number of aliphatic carboxylic acids is 1. The highest BCUT2D eigenvalue weighted by molar-refractivity contribution is 5.85. The molecule has 1 heterocycles. The van der Waals surface area contributed by atoms with Crippen molar-refractivity contribution in [1.29, 1.82) is 0 Å². The first-order chi connectivity index (χ1) is 7.15. The highest BCUT2D eigenvalue weighted by Gasteiger charge is 2.25. The molecule has 1 amide bonds. The van der Waals surface area contributed by atoms with Gasteiger partial charge < -0.3 is 15.7 Å². The minimum absolute atomic E-state index is 0.0767. The summed E-state index contributed by atoms with van der Waals surface area (Å²) in [6, 6.07) is -0.751. The summed E-state index contributed by atoms with van der Waals surface area (Å²) >= 11 is 0. The van der Waals surface area contributed by atoms with E-state index in [1.165, 1.54) is 0 Å². The van der Waals surface area contributed by atoms with Crippen LogP contribution in [0.1, 0.15) is 26.2 Å². The predicted octanol–water partition coefficient (Wildman–Crippen LogP) is -0.0346. The van der Waals surface area contributed by atoms with E-state index in [2.05, 4.69) is 10.6 Å². The molecule has 0 spiro atoms. The Kier molecular flexibility index (Phi) is 4.55. The summed E-state index contributed by atoms with van der Waals surface area (Å²) in [6.45, 7) is 3.35. The fraction of sp³-hybridized carbons (Fsp3) is 0.800. The number of hydrogen-bond donors (Lipinski definition) is 3. The molecule has 1 saturated heterocycles. The van der Waals surface area contributed by atoms with Crippen LogP contribution in [0, 0.1) is 5.92 Å². The second kappa shape index (κ2) is 5.70. The molecule has 1 aliphatic heterocycles. The maximum absolute atomic E-state index is 11.7. The zero-order valence-electron chi connectivity index (χ0n) is 8.95. The fourth-order valence-electron chi connectivity index (χ4n) is 1.70. The van der Waals surface area contributed by atoms with Crippen LogP contribution in [-0.2, 0) is 9.59 Å². The molecule has 0 aliphatic carbocycles. The number of carbonyl (C=O) groups excluding carboxylic acids is 1. The second-order valence-electron chi connectivity index (χ2n) is 3.85. The van der Waals surface area contributed by atoms with Gasteiger partial charge in [0.05, 0.1) is 5.92 Å². The molecule has 2 atom stereocenters. The van der Waals surface area contributed by atoms with E-state index < -0.39 is 12.0 Å². The Hall–Kier alpha value is -1.10. The van der Waals surface area contributed by atoms with Crippen molar-refractivity contribution in [2.45, 2.75) is 32.2 Å². The lowest BCUT2D eigenvalue weighted by Crippen LogP contribution is -2.47. The predicted molar refractivity (Wildman–Crippen MR) is 55.5 cm³/mol. The van der Waals surface area contributed by atoms with Crippen LogP contribution in [0.25, 0.3) is 0 Å². The van der Waals surface area contributed by atoms with Gasteiger partial charge in [-0.15, -0.1) is 0 Å². The van der Waals surface area contributed by atoms with E-state index in [4.69, 9.17) is 5.11 Å². The van der Waals surface area contributed by atoms with Gasteiger partial charge in [0.2, 0.25) is 5.91 Å². The maximum Gasteiger partial charge on any atom is 0.326 e. The fourth-order valence-corrected chi connectivity index (χ4v) is 1.70. The third-order valence-electron chi connectivity index (χ3n) is 2.69. The van der Waals surface area contributed by atoms with Gasteiger partial charge >= 0.3 is 5.97 Å². The Morgan fingerprint density at radius 1 is 1.60 bits per heavy atom. The molecular weight excluding hydrogens is 196 g/mol. The molecule has 1 rings (SSSR count). The lowest BCUT2D eigenvalue weighted by molar-refractivity contribution is -0.142. The van der Waals surface area contributed by atoms with Gasteiger partial charge in [-0.05, 0) is 25.8 Å². The number of carboxylic acid groups (broad SMARTS) is 1. The molecule has 0 radical (unpaired) electrons. The van der Waals surface area contributed by atoms with Gasteiger partial charge in [-0.3, -0.25) is 4.79 Å². The van der Waals surface area contributed by atoms with Crippen LogP contribution in [0.4, 0.5) is 0 Å². The first-order valence-corrected chi connectivity index (χ1v) is 5.39. The molecule has 1 aliphatic rings. The average molecular weight is 214 g/mol. The molecule has 5 nitrogen and oxygen atoms in total. The number of carboxylic acids is 1. The van der Waals surface area contributed by atoms with E-state index >= 15 is 0 Å². The van der Waals surface area contributed by atoms with Crippen LogP contribution < -0.4 is 10.6 Å². The summed E-state index contributed by atoms with van der Waals surface area (Å²) in [4.78, 5) is 22.4. The number of amides is 1. The summed E-state index contributed by atoms with van der Waals surface area (Å²) in [7, 11) is 0. The SMILES string of the molecule is CC[C@@H](NC(=O)[C@H]1CCCNC1)C(=O)O. The van der Waals surface area contributed by atoms with Gasteiger partial charge in [0.1, 0.15) is 6.04 Å². The van der Waals surface area contributed by atoms with Crippen LogP contribution in [0.15, 0.2) is 0 Å². The van der Waals surface area contributed by atoms with Gasteiger partial charge in [0.25, 0.3) is 0 Å². The van der Waals surface area contributed by atoms with Crippen LogP contribution in [-0.4, -0.2) is 36.1 Å². The molecule has 0 saturated carbocycles. The van der Waals surface area contributed by atoms with Crippen LogP contribution in [0.5, 0.6) is 0 Å². The first-order valence-electron chi connectivity index (χ1n) is 5.39. The smallest absolute Gasteiger partial charge is 0.326 e. The van der Waals surface area contributed by atoms with Crippen LogP contribution in [0.3, 0.4) is 0 Å². The largest absolute Gasteiger partial charge is 0.480 e. The number of carbonyl (C=O) groups is 2. The molecule has 0 aromatic heterocycles. The Labute approximate surface area is 89.2 Å². The highest BCUT2D eigenvalue weighted by Crippen LogP contribution is 2.10. The Balaban J connectivity index is 2.42. The molecule has 3 N–H and O–H groups in total. The van der Waals surface area contributed by atoms with E-state index in [1.54, 1.807) is 6.92 Å². The van der Waals surface area contributed by atoms with Crippen molar-refractivity contribution in [2.75, 3.05) is 13.1 Å². The van der Waals surface area contributed by atoms with Crippen molar-refractivity contribution in [1.82, 2.24) is 10.6 Å². The molecule has 5 heteroatoms. The Morgan fingerprint density at radius 2 is 2.33 bits per heavy atom. The highest BCUT2D eigenvalue weighted by atomic mass is 16.4. The molecule has 0 aromatic rings. The van der Waals surface area contributed by atoms with Crippen molar-refractivity contribution in [3.05, 3.63) is 0 Å². The second-order valence-corrected chi connectivity index (χ2v) is 3.85. The topological polar surface area (TPSA) is 78.4 Å². The summed E-state index contributed by atoms with van der Waals surface area (Å²) in [5.41, 5.74) is 0. The van der Waals surface area contributed by atoms with Gasteiger partial charge in [-0.1, -0.05) is 6.92 Å². The monoisotopic (exact) mass is 214 g/mol. The number of rotatable bonds is 4. The number of nitrogens with one attached hydrogen (secondary N) is 2. The van der Waals surface area contributed by atoms with Crippen molar-refractivity contribution < 1.29 is 14.7 Å². The number of hydrogen-bond acceptors (Lipinski definition) is 3. The molecule has 0 unspecified atom stereocenters. The summed E-state index contributed by atoms with van der Waals surface area (Å²) in [5, 5.41) is 14.5. The van der Waals surface area contributed by atoms with Crippen molar-refractivity contribution in [2.24, 2.45) is 5.92 Å². The molecule has 0 bridgehead atoms. The van der Waals surface area contributed by atoms with E-state index in [0.29, 0.717) is 13.0 Å². The van der Waals surface area contributed by atoms with Gasteiger partial charge in [-0.25, -0.2) is 4.79 Å². The Bertz CT molecular complexity index is 237. The van der Waals surface area contributed by atoms with Crippen LogP contribution in [0.2, 0.25) is 0 Å².